The van der Waals surface area contributed by atoms with Crippen LogP contribution < -0.4 is 15.4 Å². The Morgan fingerprint density at radius 3 is 2.75 bits per heavy atom. The molecular weight excluding hydrogens is 400 g/mol. The van der Waals surface area contributed by atoms with Gasteiger partial charge in [-0.2, -0.15) is 0 Å². The molecule has 0 bridgehead atoms. The Kier molecular flexibility index (Phi) is 5.84. The van der Waals surface area contributed by atoms with E-state index in [1.807, 2.05) is 20.0 Å². The largest absolute Gasteiger partial charge is 0.491 e. The van der Waals surface area contributed by atoms with Gasteiger partial charge in [-0.3, -0.25) is 4.99 Å². The van der Waals surface area contributed by atoms with Crippen molar-refractivity contribution in [2.24, 2.45) is 16.6 Å². The number of anilines is 1. The minimum Gasteiger partial charge on any atom is -0.491 e. The third-order valence-electron chi connectivity index (χ3n) is 7.17. The van der Waals surface area contributed by atoms with Gasteiger partial charge in [0.05, 0.1) is 12.1 Å². The van der Waals surface area contributed by atoms with E-state index < -0.39 is 0 Å². The summed E-state index contributed by atoms with van der Waals surface area (Å²) in [5.41, 5.74) is 9.33. The van der Waals surface area contributed by atoms with E-state index in [2.05, 4.69) is 44.6 Å². The van der Waals surface area contributed by atoms with Crippen molar-refractivity contribution in [2.45, 2.75) is 58.2 Å². The molecule has 0 saturated carbocycles. The van der Waals surface area contributed by atoms with Gasteiger partial charge in [-0.1, -0.05) is 0 Å². The summed E-state index contributed by atoms with van der Waals surface area (Å²) in [5, 5.41) is 0. The first-order valence-corrected chi connectivity index (χ1v) is 12.1. The van der Waals surface area contributed by atoms with Gasteiger partial charge < -0.3 is 24.8 Å². The van der Waals surface area contributed by atoms with Gasteiger partial charge in [-0.05, 0) is 83.8 Å². The summed E-state index contributed by atoms with van der Waals surface area (Å²) < 4.78 is 8.24. The van der Waals surface area contributed by atoms with Gasteiger partial charge in [0.25, 0.3) is 0 Å². The number of nitrogens with zero attached hydrogens (tertiary/aromatic N) is 5. The van der Waals surface area contributed by atoms with Crippen molar-refractivity contribution in [1.82, 2.24) is 14.5 Å². The monoisotopic (exact) mass is 436 g/mol. The van der Waals surface area contributed by atoms with Crippen LogP contribution in [0.1, 0.15) is 45.2 Å². The molecule has 3 aliphatic heterocycles. The number of aliphatic imine (C=N–C) groups is 1. The molecule has 1 atom stereocenters. The Morgan fingerprint density at radius 2 is 1.97 bits per heavy atom. The SMILES string of the molecule is CC(C)N=C(N)c1cn2c(n1)-c1cc(N3CCCC3C3CCN(C)CC3)ccc1OCC2. The Morgan fingerprint density at radius 1 is 1.16 bits per heavy atom. The molecule has 1 aromatic carbocycles. The van der Waals surface area contributed by atoms with Crippen molar-refractivity contribution in [3.8, 4) is 17.1 Å². The lowest BCUT2D eigenvalue weighted by atomic mass is 9.88. The fraction of sp³-hybridized carbons (Fsp3) is 0.600. The number of rotatable bonds is 4. The number of hydrogen-bond donors (Lipinski definition) is 1. The molecule has 2 aromatic rings. The predicted octanol–water partition coefficient (Wildman–Crippen LogP) is 3.37. The lowest BCUT2D eigenvalue weighted by Crippen LogP contribution is -2.41. The van der Waals surface area contributed by atoms with E-state index in [4.69, 9.17) is 15.5 Å². The second kappa shape index (κ2) is 8.77. The number of hydrogen-bond acceptors (Lipinski definition) is 5. The molecule has 2 saturated heterocycles. The van der Waals surface area contributed by atoms with Gasteiger partial charge in [0.15, 0.2) is 0 Å². The maximum atomic E-state index is 6.24. The van der Waals surface area contributed by atoms with Crippen LogP contribution in [0.4, 0.5) is 5.69 Å². The number of piperidine rings is 1. The summed E-state index contributed by atoms with van der Waals surface area (Å²) in [6.45, 7) is 8.99. The first-order chi connectivity index (χ1) is 15.5. The lowest BCUT2D eigenvalue weighted by molar-refractivity contribution is 0.199. The molecule has 1 unspecified atom stereocenters. The van der Waals surface area contributed by atoms with Gasteiger partial charge in [0.1, 0.15) is 29.7 Å². The van der Waals surface area contributed by atoms with Gasteiger partial charge >= 0.3 is 0 Å². The number of imidazole rings is 1. The summed E-state index contributed by atoms with van der Waals surface area (Å²) in [6.07, 6.45) is 7.18. The van der Waals surface area contributed by atoms with Crippen LogP contribution >= 0.6 is 0 Å². The molecular formula is C25H36N6O. The molecule has 2 N–H and O–H groups in total. The summed E-state index contributed by atoms with van der Waals surface area (Å²) in [7, 11) is 2.24. The summed E-state index contributed by atoms with van der Waals surface area (Å²) in [4.78, 5) is 14.5. The van der Waals surface area contributed by atoms with Crippen LogP contribution in [-0.2, 0) is 6.54 Å². The maximum Gasteiger partial charge on any atom is 0.146 e. The van der Waals surface area contributed by atoms with Crippen LogP contribution in [-0.4, -0.2) is 65.7 Å². The average Bonchev–Trinajstić information content (AvgIpc) is 3.39. The van der Waals surface area contributed by atoms with E-state index in [0.717, 1.165) is 41.8 Å². The van der Waals surface area contributed by atoms with E-state index in [1.165, 1.54) is 44.5 Å². The number of fused-ring (bicyclic) bond motifs is 3. The molecule has 4 heterocycles. The topological polar surface area (TPSA) is 71.9 Å². The first-order valence-electron chi connectivity index (χ1n) is 12.1. The van der Waals surface area contributed by atoms with Gasteiger partial charge in [0.2, 0.25) is 0 Å². The van der Waals surface area contributed by atoms with Gasteiger partial charge in [-0.25, -0.2) is 4.98 Å². The Labute approximate surface area is 191 Å². The number of amidine groups is 1. The molecule has 0 radical (unpaired) electrons. The zero-order chi connectivity index (χ0) is 22.2. The number of benzene rings is 1. The highest BCUT2D eigenvalue weighted by molar-refractivity contribution is 5.96. The van der Waals surface area contributed by atoms with Crippen LogP contribution in [0.15, 0.2) is 29.4 Å². The zero-order valence-corrected chi connectivity index (χ0v) is 19.6. The smallest absolute Gasteiger partial charge is 0.146 e. The van der Waals surface area contributed by atoms with Gasteiger partial charge in [0, 0.05) is 30.5 Å². The van der Waals surface area contributed by atoms with Crippen molar-refractivity contribution < 1.29 is 4.74 Å². The third-order valence-corrected chi connectivity index (χ3v) is 7.17. The van der Waals surface area contributed by atoms with E-state index in [0.29, 0.717) is 18.5 Å². The number of likely N-dealkylation sites (tertiary alicyclic amines) is 1. The molecule has 0 aliphatic carbocycles. The standard InChI is InChI=1S/C25H36N6O/c1-17(2)27-24(26)21-16-30-13-14-32-23-7-6-19(15-20(23)25(30)28-21)31-10-4-5-22(31)18-8-11-29(3)12-9-18/h6-7,15-18,22H,4-5,8-14H2,1-3H3,(H2,26,27). The number of aromatic nitrogens is 2. The normalized spacial score (nSPS) is 22.6. The molecule has 3 aliphatic rings. The Balaban J connectivity index is 1.47. The van der Waals surface area contributed by atoms with Crippen molar-refractivity contribution in [2.75, 3.05) is 38.2 Å². The highest BCUT2D eigenvalue weighted by Gasteiger charge is 2.34. The fourth-order valence-corrected chi connectivity index (χ4v) is 5.54. The minimum atomic E-state index is 0.144. The molecule has 32 heavy (non-hydrogen) atoms. The van der Waals surface area contributed by atoms with Crippen molar-refractivity contribution in [3.05, 3.63) is 30.1 Å². The van der Waals surface area contributed by atoms with E-state index in [1.54, 1.807) is 0 Å². The van der Waals surface area contributed by atoms with Gasteiger partial charge in [-0.15, -0.1) is 0 Å². The van der Waals surface area contributed by atoms with Crippen LogP contribution in [0.25, 0.3) is 11.4 Å². The van der Waals surface area contributed by atoms with E-state index >= 15 is 0 Å². The van der Waals surface area contributed by atoms with Crippen LogP contribution in [0.2, 0.25) is 0 Å². The molecule has 172 valence electrons. The molecule has 5 rings (SSSR count). The van der Waals surface area contributed by atoms with Crippen LogP contribution in [0.3, 0.4) is 0 Å². The molecule has 0 amide bonds. The second-order valence-corrected chi connectivity index (χ2v) is 9.82. The highest BCUT2D eigenvalue weighted by Crippen LogP contribution is 2.39. The highest BCUT2D eigenvalue weighted by atomic mass is 16.5. The molecule has 2 fully saturated rings. The van der Waals surface area contributed by atoms with E-state index in [9.17, 15) is 0 Å². The molecule has 7 heteroatoms. The lowest BCUT2D eigenvalue weighted by Gasteiger charge is -2.38. The first kappa shape index (κ1) is 21.3. The third kappa shape index (κ3) is 4.10. The molecule has 1 aromatic heterocycles. The Hall–Kier alpha value is -2.54. The quantitative estimate of drug-likeness (QED) is 0.588. The predicted molar refractivity (Wildman–Crippen MR) is 130 cm³/mol. The summed E-state index contributed by atoms with van der Waals surface area (Å²) in [5.74, 6) is 3.11. The van der Waals surface area contributed by atoms with Crippen LogP contribution in [0.5, 0.6) is 5.75 Å². The van der Waals surface area contributed by atoms with Crippen molar-refractivity contribution >= 4 is 11.5 Å². The van der Waals surface area contributed by atoms with E-state index in [-0.39, 0.29) is 6.04 Å². The van der Waals surface area contributed by atoms with Crippen LogP contribution in [0, 0.1) is 5.92 Å². The van der Waals surface area contributed by atoms with Crippen molar-refractivity contribution in [1.29, 1.82) is 0 Å². The summed E-state index contributed by atoms with van der Waals surface area (Å²) in [6, 6.07) is 7.43. The molecule has 7 nitrogen and oxygen atoms in total. The zero-order valence-electron chi connectivity index (χ0n) is 19.6. The van der Waals surface area contributed by atoms with Crippen molar-refractivity contribution in [3.63, 3.8) is 0 Å². The summed E-state index contributed by atoms with van der Waals surface area (Å²) >= 11 is 0. The number of ether oxygens (including phenoxy) is 1. The minimum absolute atomic E-state index is 0.144. The number of nitrogens with two attached hydrogens (primary N) is 1. The second-order valence-electron chi connectivity index (χ2n) is 9.82. The fourth-order valence-electron chi connectivity index (χ4n) is 5.54. The molecule has 0 spiro atoms. The Bertz CT molecular complexity index is 988. The average molecular weight is 437 g/mol. The maximum absolute atomic E-state index is 6.24.